The zero-order valence-corrected chi connectivity index (χ0v) is 18.4. The van der Waals surface area contributed by atoms with Crippen LogP contribution in [0.2, 0.25) is 0 Å². The Morgan fingerprint density at radius 3 is 2.53 bits per heavy atom. The van der Waals surface area contributed by atoms with Gasteiger partial charge in [0.05, 0.1) is 12.0 Å². The Balaban J connectivity index is 2.13. The molecular formula is C21H26N4O6S. The van der Waals surface area contributed by atoms with Crippen LogP contribution in [-0.2, 0) is 26.0 Å². The number of nitrogens with one attached hydrogen (secondary N) is 3. The molecule has 2 amide bonds. The minimum absolute atomic E-state index is 0.0171. The van der Waals surface area contributed by atoms with Crippen molar-refractivity contribution in [3.63, 3.8) is 0 Å². The molecule has 3 rings (SSSR count). The number of carbonyl (C=O) groups is 2. The van der Waals surface area contributed by atoms with E-state index in [1.807, 2.05) is 0 Å². The molecular weight excluding hydrogens is 436 g/mol. The summed E-state index contributed by atoms with van der Waals surface area (Å²) in [6.07, 6.45) is 3.52. The third-order valence-corrected chi connectivity index (χ3v) is 8.05. The molecule has 32 heavy (non-hydrogen) atoms. The Morgan fingerprint density at radius 1 is 1.22 bits per heavy atom. The molecule has 0 radical (unpaired) electrons. The molecule has 0 saturated carbocycles. The van der Waals surface area contributed by atoms with Crippen molar-refractivity contribution >= 4 is 21.7 Å². The van der Waals surface area contributed by atoms with Crippen LogP contribution in [-0.4, -0.2) is 48.9 Å². The van der Waals surface area contributed by atoms with Crippen LogP contribution in [0.1, 0.15) is 24.8 Å². The zero-order valence-electron chi connectivity index (χ0n) is 17.6. The second-order valence-corrected chi connectivity index (χ2v) is 9.56. The molecule has 1 fully saturated rings. The molecule has 1 aliphatic heterocycles. The van der Waals surface area contributed by atoms with Crippen LogP contribution < -0.4 is 20.9 Å². The Bertz CT molecular complexity index is 1050. The van der Waals surface area contributed by atoms with Crippen LogP contribution in [0.15, 0.2) is 53.7 Å². The minimum atomic E-state index is -4.40. The van der Waals surface area contributed by atoms with Crippen molar-refractivity contribution in [3.05, 3.63) is 54.4 Å². The van der Waals surface area contributed by atoms with Gasteiger partial charge in [-0.15, -0.1) is 0 Å². The van der Waals surface area contributed by atoms with Gasteiger partial charge < -0.3 is 10.1 Å². The Morgan fingerprint density at radius 2 is 1.91 bits per heavy atom. The van der Waals surface area contributed by atoms with Crippen molar-refractivity contribution in [1.29, 1.82) is 0 Å². The number of amides is 2. The fraction of sp³-hybridized carbons (Fsp3) is 0.381. The summed E-state index contributed by atoms with van der Waals surface area (Å²) in [7, 11) is -2.94. The average molecular weight is 463 g/mol. The second kappa shape index (κ2) is 10.1. The summed E-state index contributed by atoms with van der Waals surface area (Å²) < 4.78 is 33.1. The minimum Gasteiger partial charge on any atom is -0.497 e. The Hall–Kier alpha value is -3.02. The van der Waals surface area contributed by atoms with Crippen molar-refractivity contribution in [1.82, 2.24) is 21.1 Å². The van der Waals surface area contributed by atoms with Gasteiger partial charge in [-0.05, 0) is 54.8 Å². The molecule has 1 aliphatic rings. The highest BCUT2D eigenvalue weighted by atomic mass is 32.2. The lowest BCUT2D eigenvalue weighted by Gasteiger charge is -2.38. The third kappa shape index (κ3) is 4.59. The molecule has 0 bridgehead atoms. The van der Waals surface area contributed by atoms with Gasteiger partial charge in [0.1, 0.15) is 5.75 Å². The predicted molar refractivity (Wildman–Crippen MR) is 114 cm³/mol. The van der Waals surface area contributed by atoms with E-state index in [0.717, 1.165) is 0 Å². The molecule has 1 aromatic heterocycles. The second-order valence-electron chi connectivity index (χ2n) is 7.44. The van der Waals surface area contributed by atoms with Gasteiger partial charge in [0.2, 0.25) is 20.6 Å². The number of carbonyl (C=O) groups excluding carboxylic acids is 2. The van der Waals surface area contributed by atoms with E-state index < -0.39 is 26.5 Å². The number of sulfone groups is 1. The highest BCUT2D eigenvalue weighted by Gasteiger charge is 2.56. The summed E-state index contributed by atoms with van der Waals surface area (Å²) in [4.78, 5) is 26.7. The fourth-order valence-electron chi connectivity index (χ4n) is 3.93. The number of hydrogen-bond donors (Lipinski definition) is 4. The molecule has 1 unspecified atom stereocenters. The number of nitrogens with zero attached hydrogens (tertiary/aromatic N) is 1. The van der Waals surface area contributed by atoms with Crippen LogP contribution in [0.25, 0.3) is 0 Å². The van der Waals surface area contributed by atoms with Gasteiger partial charge in [0, 0.05) is 37.8 Å². The molecule has 0 aliphatic carbocycles. The van der Waals surface area contributed by atoms with Crippen LogP contribution in [0, 0.1) is 5.92 Å². The van der Waals surface area contributed by atoms with E-state index in [4.69, 9.17) is 4.74 Å². The maximum Gasteiger partial charge on any atom is 0.280 e. The molecule has 1 saturated heterocycles. The van der Waals surface area contributed by atoms with E-state index in [0.29, 0.717) is 11.3 Å². The van der Waals surface area contributed by atoms with Gasteiger partial charge in [0.25, 0.3) is 5.91 Å². The molecule has 2 heterocycles. The van der Waals surface area contributed by atoms with Crippen molar-refractivity contribution in [2.24, 2.45) is 5.92 Å². The van der Waals surface area contributed by atoms with Crippen LogP contribution >= 0.6 is 0 Å². The molecule has 10 nitrogen and oxygen atoms in total. The average Bonchev–Trinajstić information content (AvgIpc) is 3.04. The molecule has 0 spiro atoms. The first-order valence-corrected chi connectivity index (χ1v) is 11.6. The number of rotatable bonds is 8. The molecule has 11 heteroatoms. The number of benzene rings is 1. The van der Waals surface area contributed by atoms with Crippen molar-refractivity contribution in [2.75, 3.05) is 13.7 Å². The van der Waals surface area contributed by atoms with Crippen molar-refractivity contribution in [3.8, 4) is 5.75 Å². The van der Waals surface area contributed by atoms with Crippen molar-refractivity contribution < 1.29 is 28.0 Å². The summed E-state index contributed by atoms with van der Waals surface area (Å²) >= 11 is 0. The predicted octanol–water partition coefficient (Wildman–Crippen LogP) is 0.772. The molecule has 2 aromatic rings. The molecule has 4 N–H and O–H groups in total. The van der Waals surface area contributed by atoms with E-state index in [1.54, 1.807) is 30.0 Å². The highest BCUT2D eigenvalue weighted by Crippen LogP contribution is 2.37. The third-order valence-electron chi connectivity index (χ3n) is 5.65. The van der Waals surface area contributed by atoms with Gasteiger partial charge in [-0.3, -0.25) is 25.1 Å². The lowest BCUT2D eigenvalue weighted by molar-refractivity contribution is -0.135. The largest absolute Gasteiger partial charge is 0.497 e. The summed E-state index contributed by atoms with van der Waals surface area (Å²) in [5.41, 5.74) is 2.24. The maximum atomic E-state index is 14.0. The van der Waals surface area contributed by atoms with Crippen LogP contribution in [0.3, 0.4) is 0 Å². The van der Waals surface area contributed by atoms with E-state index in [9.17, 15) is 23.2 Å². The number of hydroxylamine groups is 1. The van der Waals surface area contributed by atoms with E-state index in [-0.39, 0.29) is 43.2 Å². The smallest absolute Gasteiger partial charge is 0.280 e. The Labute approximate surface area is 186 Å². The standard InChI is InChI=1S/C21H26N4O6S/c1-31-17-3-5-18(6-4-17)32(29,30)21(20(27)25-28,16-2-7-19(26)23-13-10-16)24-14-15-8-11-22-12-9-15/h3-6,8-9,11-12,16,24,28H,2,7,10,13-14H2,1H3,(H,23,26)(H,25,27)/t16?,21-/m1/s1. The fourth-order valence-corrected chi connectivity index (χ4v) is 6.03. The monoisotopic (exact) mass is 462 g/mol. The number of ether oxygens (including phenoxy) is 1. The summed E-state index contributed by atoms with van der Waals surface area (Å²) in [6.45, 7) is 0.224. The zero-order chi connectivity index (χ0) is 23.2. The van der Waals surface area contributed by atoms with Gasteiger partial charge >= 0.3 is 0 Å². The van der Waals surface area contributed by atoms with E-state index in [2.05, 4.69) is 15.6 Å². The molecule has 1 aromatic carbocycles. The first-order valence-electron chi connectivity index (χ1n) is 10.1. The maximum absolute atomic E-state index is 14.0. The van der Waals surface area contributed by atoms with Gasteiger partial charge in [0.15, 0.2) is 0 Å². The van der Waals surface area contributed by atoms with Crippen molar-refractivity contribution in [2.45, 2.75) is 35.6 Å². The quantitative estimate of drug-likeness (QED) is 0.332. The topological polar surface area (TPSA) is 147 Å². The van der Waals surface area contributed by atoms with Gasteiger partial charge in [-0.1, -0.05) is 0 Å². The van der Waals surface area contributed by atoms with Gasteiger partial charge in [-0.25, -0.2) is 13.9 Å². The number of aromatic nitrogens is 1. The Kier molecular flexibility index (Phi) is 7.44. The van der Waals surface area contributed by atoms with Crippen LogP contribution in [0.5, 0.6) is 5.75 Å². The summed E-state index contributed by atoms with van der Waals surface area (Å²) in [5.74, 6) is -1.68. The number of pyridine rings is 1. The summed E-state index contributed by atoms with van der Waals surface area (Å²) in [5, 5.41) is 15.2. The number of methoxy groups -OCH3 is 1. The van der Waals surface area contributed by atoms with Gasteiger partial charge in [-0.2, -0.15) is 0 Å². The lowest BCUT2D eigenvalue weighted by atomic mass is 9.90. The molecule has 2 atom stereocenters. The first-order chi connectivity index (χ1) is 15.3. The van der Waals surface area contributed by atoms with E-state index in [1.165, 1.54) is 31.4 Å². The first kappa shape index (κ1) is 23.6. The summed E-state index contributed by atoms with van der Waals surface area (Å²) in [6, 6.07) is 9.04. The number of hydrogen-bond acceptors (Lipinski definition) is 8. The SMILES string of the molecule is COc1ccc(S(=O)(=O)[C@@](NCc2ccncc2)(C(=O)NO)C2CCNC(=O)CC2)cc1. The lowest BCUT2D eigenvalue weighted by Crippen LogP contribution is -2.65. The normalized spacial score (nSPS) is 18.7. The highest BCUT2D eigenvalue weighted by molar-refractivity contribution is 7.93. The molecule has 172 valence electrons. The van der Waals surface area contributed by atoms with Crippen LogP contribution in [0.4, 0.5) is 0 Å². The van der Waals surface area contributed by atoms with E-state index >= 15 is 0 Å².